The van der Waals surface area contributed by atoms with E-state index in [9.17, 15) is 9.59 Å². The number of carbonyl (C=O) groups excluding carboxylic acids is 2. The van der Waals surface area contributed by atoms with Gasteiger partial charge >= 0.3 is 11.9 Å². The monoisotopic (exact) mass is 484 g/mol. The van der Waals surface area contributed by atoms with Gasteiger partial charge in [-0.25, -0.2) is 9.59 Å². The molecule has 2 aromatic rings. The van der Waals surface area contributed by atoms with Crippen molar-refractivity contribution in [2.45, 2.75) is 12.8 Å². The van der Waals surface area contributed by atoms with Crippen LogP contribution in [0.2, 0.25) is 0 Å². The Kier molecular flexibility index (Phi) is 10.2. The van der Waals surface area contributed by atoms with Crippen molar-refractivity contribution in [3.05, 3.63) is 72.8 Å². The third kappa shape index (κ3) is 7.53. The summed E-state index contributed by atoms with van der Waals surface area (Å²) in [5.74, 6) is 0.710. The number of ether oxygens (including phenoxy) is 6. The lowest BCUT2D eigenvalue weighted by molar-refractivity contribution is -0.00389. The highest BCUT2D eigenvalue weighted by Gasteiger charge is 2.32. The number of hydrogen-bond donors (Lipinski definition) is 0. The number of allylic oxidation sites excluding steroid dienone is 2. The van der Waals surface area contributed by atoms with Crippen molar-refractivity contribution in [1.82, 2.24) is 0 Å². The normalized spacial score (nSPS) is 10.6. The van der Waals surface area contributed by atoms with E-state index in [1.54, 1.807) is 48.6 Å². The van der Waals surface area contributed by atoms with Gasteiger partial charge in [-0.05, 0) is 37.1 Å². The number of carbonyl (C=O) groups is 2. The van der Waals surface area contributed by atoms with Gasteiger partial charge in [0, 0.05) is 17.5 Å². The van der Waals surface area contributed by atoms with Crippen molar-refractivity contribution in [2.75, 3.05) is 41.7 Å². The summed E-state index contributed by atoms with van der Waals surface area (Å²) in [5.41, 5.74) is -0.207. The van der Waals surface area contributed by atoms with E-state index in [4.69, 9.17) is 28.4 Å². The zero-order chi connectivity index (χ0) is 25.8. The molecule has 0 N–H and O–H groups in total. The molecular formula is C27H32O8. The number of esters is 2. The molecule has 2 aromatic carbocycles. The van der Waals surface area contributed by atoms with E-state index >= 15 is 0 Å². The number of hydrogen-bond acceptors (Lipinski definition) is 8. The van der Waals surface area contributed by atoms with Gasteiger partial charge in [0.2, 0.25) is 0 Å². The van der Waals surface area contributed by atoms with Gasteiger partial charge in [-0.3, -0.25) is 0 Å². The van der Waals surface area contributed by atoms with Crippen molar-refractivity contribution in [3.8, 4) is 23.0 Å². The van der Waals surface area contributed by atoms with Gasteiger partial charge in [-0.2, -0.15) is 0 Å². The van der Waals surface area contributed by atoms with Crippen LogP contribution in [0.25, 0.3) is 0 Å². The van der Waals surface area contributed by atoms with E-state index in [1.165, 1.54) is 28.4 Å². The molecule has 0 aliphatic heterocycles. The van der Waals surface area contributed by atoms with E-state index in [0.717, 1.165) is 0 Å². The van der Waals surface area contributed by atoms with Crippen molar-refractivity contribution >= 4 is 11.9 Å². The standard InChI is InChI=1S/C27H32O8/c1-7-9-27(10-8-2,17-34-25(28)19-11-21(30-3)15-22(12-19)31-4)18-35-26(29)20-13-23(32-5)16-24(14-20)33-6/h7-8,11-16H,1-2,9-10,17-18H2,3-6H3. The highest BCUT2D eigenvalue weighted by atomic mass is 16.5. The van der Waals surface area contributed by atoms with Crippen LogP contribution in [0.3, 0.4) is 0 Å². The van der Waals surface area contributed by atoms with Gasteiger partial charge in [0.05, 0.1) is 39.6 Å². The van der Waals surface area contributed by atoms with Gasteiger partial charge in [-0.1, -0.05) is 12.2 Å². The van der Waals surface area contributed by atoms with Crippen molar-refractivity contribution in [3.63, 3.8) is 0 Å². The Morgan fingerprint density at radius 2 is 0.971 bits per heavy atom. The third-order valence-corrected chi connectivity index (χ3v) is 5.35. The molecule has 0 unspecified atom stereocenters. The van der Waals surface area contributed by atoms with Gasteiger partial charge in [0.25, 0.3) is 0 Å². The molecular weight excluding hydrogens is 452 g/mol. The van der Waals surface area contributed by atoms with Gasteiger partial charge in [0.15, 0.2) is 0 Å². The molecule has 2 rings (SSSR count). The van der Waals surface area contributed by atoms with E-state index in [-0.39, 0.29) is 24.3 Å². The van der Waals surface area contributed by atoms with Crippen LogP contribution in [0.15, 0.2) is 61.7 Å². The molecule has 0 heterocycles. The molecule has 0 saturated carbocycles. The van der Waals surface area contributed by atoms with Crippen LogP contribution in [-0.4, -0.2) is 53.6 Å². The topological polar surface area (TPSA) is 89.5 Å². The van der Waals surface area contributed by atoms with E-state index in [1.807, 2.05) is 0 Å². The summed E-state index contributed by atoms with van der Waals surface area (Å²) in [6.45, 7) is 7.56. The first-order valence-corrected chi connectivity index (χ1v) is 10.9. The lowest BCUT2D eigenvalue weighted by Crippen LogP contribution is -2.34. The average molecular weight is 485 g/mol. The lowest BCUT2D eigenvalue weighted by atomic mass is 9.82. The predicted octanol–water partition coefficient (Wildman–Crippen LogP) is 4.87. The summed E-state index contributed by atoms with van der Waals surface area (Å²) < 4.78 is 32.1. The number of rotatable bonds is 14. The first kappa shape index (κ1) is 27.3. The Labute approximate surface area is 206 Å². The smallest absolute Gasteiger partial charge is 0.338 e. The molecule has 0 radical (unpaired) electrons. The maximum atomic E-state index is 12.8. The molecule has 0 aromatic heterocycles. The van der Waals surface area contributed by atoms with E-state index < -0.39 is 17.4 Å². The number of methoxy groups -OCH3 is 4. The van der Waals surface area contributed by atoms with Crippen LogP contribution < -0.4 is 18.9 Å². The van der Waals surface area contributed by atoms with Crippen LogP contribution >= 0.6 is 0 Å². The first-order valence-electron chi connectivity index (χ1n) is 10.9. The molecule has 0 atom stereocenters. The first-order chi connectivity index (χ1) is 16.8. The molecule has 0 saturated heterocycles. The summed E-state index contributed by atoms with van der Waals surface area (Å²) in [5, 5.41) is 0. The lowest BCUT2D eigenvalue weighted by Gasteiger charge is -2.31. The van der Waals surface area contributed by atoms with Crippen LogP contribution in [-0.2, 0) is 9.47 Å². The van der Waals surface area contributed by atoms with Crippen molar-refractivity contribution < 1.29 is 38.0 Å². The number of benzene rings is 2. The molecule has 0 bridgehead atoms. The minimum Gasteiger partial charge on any atom is -0.497 e. The molecule has 0 fully saturated rings. The molecule has 8 heteroatoms. The second-order valence-electron chi connectivity index (χ2n) is 7.84. The Balaban J connectivity index is 2.20. The molecule has 188 valence electrons. The van der Waals surface area contributed by atoms with Crippen LogP contribution in [0, 0.1) is 5.41 Å². The molecule has 0 aliphatic carbocycles. The summed E-state index contributed by atoms with van der Waals surface area (Å²) in [6, 6.07) is 9.55. The second kappa shape index (κ2) is 13.1. The zero-order valence-corrected chi connectivity index (χ0v) is 20.6. The van der Waals surface area contributed by atoms with Gasteiger partial charge in [0.1, 0.15) is 36.2 Å². The predicted molar refractivity (Wildman–Crippen MR) is 132 cm³/mol. The fourth-order valence-corrected chi connectivity index (χ4v) is 3.43. The Morgan fingerprint density at radius 1 is 0.657 bits per heavy atom. The second-order valence-corrected chi connectivity index (χ2v) is 7.84. The highest BCUT2D eigenvalue weighted by molar-refractivity contribution is 5.91. The molecule has 0 aliphatic rings. The van der Waals surface area contributed by atoms with Gasteiger partial charge in [-0.15, -0.1) is 13.2 Å². The molecule has 8 nitrogen and oxygen atoms in total. The third-order valence-electron chi connectivity index (χ3n) is 5.35. The molecule has 0 amide bonds. The van der Waals surface area contributed by atoms with E-state index in [0.29, 0.717) is 35.8 Å². The minimum atomic E-state index is -0.749. The SMILES string of the molecule is C=CCC(CC=C)(COC(=O)c1cc(OC)cc(OC)c1)COC(=O)c1cc(OC)cc(OC)c1. The molecule has 35 heavy (non-hydrogen) atoms. The quantitative estimate of drug-likeness (QED) is 0.277. The van der Waals surface area contributed by atoms with E-state index in [2.05, 4.69) is 13.2 Å². The zero-order valence-electron chi connectivity index (χ0n) is 20.6. The fourth-order valence-electron chi connectivity index (χ4n) is 3.43. The summed E-state index contributed by atoms with van der Waals surface area (Å²) in [7, 11) is 5.98. The fraction of sp³-hybridized carbons (Fsp3) is 0.333. The Morgan fingerprint density at radius 3 is 1.23 bits per heavy atom. The van der Waals surface area contributed by atoms with Crippen LogP contribution in [0.4, 0.5) is 0 Å². The van der Waals surface area contributed by atoms with Crippen LogP contribution in [0.1, 0.15) is 33.6 Å². The largest absolute Gasteiger partial charge is 0.497 e. The maximum Gasteiger partial charge on any atom is 0.338 e. The Bertz CT molecular complexity index is 915. The summed E-state index contributed by atoms with van der Waals surface area (Å²) in [6.07, 6.45) is 4.22. The minimum absolute atomic E-state index is 0.0297. The average Bonchev–Trinajstić information content (AvgIpc) is 2.89. The summed E-state index contributed by atoms with van der Waals surface area (Å²) >= 11 is 0. The van der Waals surface area contributed by atoms with Crippen LogP contribution in [0.5, 0.6) is 23.0 Å². The summed E-state index contributed by atoms with van der Waals surface area (Å²) in [4.78, 5) is 25.6. The van der Waals surface area contributed by atoms with Gasteiger partial charge < -0.3 is 28.4 Å². The van der Waals surface area contributed by atoms with Crippen molar-refractivity contribution in [2.24, 2.45) is 5.41 Å². The van der Waals surface area contributed by atoms with Crippen molar-refractivity contribution in [1.29, 1.82) is 0 Å². The highest BCUT2D eigenvalue weighted by Crippen LogP contribution is 2.31. The maximum absolute atomic E-state index is 12.8. The Hall–Kier alpha value is -3.94. The molecule has 0 spiro atoms.